The van der Waals surface area contributed by atoms with Crippen molar-refractivity contribution in [1.29, 1.82) is 0 Å². The fourth-order valence-corrected chi connectivity index (χ4v) is 2.63. The summed E-state index contributed by atoms with van der Waals surface area (Å²) in [5.74, 6) is 0.815. The minimum Gasteiger partial charge on any atom is -0.508 e. The van der Waals surface area contributed by atoms with Gasteiger partial charge in [-0.3, -0.25) is 4.90 Å². The molecule has 0 aliphatic rings. The number of aromatic nitrogens is 2. The Morgan fingerprint density at radius 3 is 2.80 bits per heavy atom. The summed E-state index contributed by atoms with van der Waals surface area (Å²) in [4.78, 5) is 6.54. The average molecular weight is 339 g/mol. The van der Waals surface area contributed by atoms with E-state index in [9.17, 15) is 5.11 Å². The Kier molecular flexibility index (Phi) is 5.00. The van der Waals surface area contributed by atoms with Crippen LogP contribution in [0, 0.1) is 0 Å². The zero-order valence-electron chi connectivity index (χ0n) is 14.5. The molecule has 2 aromatic heterocycles. The Morgan fingerprint density at radius 2 is 2.08 bits per heavy atom. The van der Waals surface area contributed by atoms with Gasteiger partial charge in [-0.1, -0.05) is 11.2 Å². The standard InChI is InChI=1S/C19H21N3O3/c1-13(16-9-10-25-21-16)22(2)12-15-11-14(7-8-18(15)23)17-5-4-6-19(20-17)24-3/h4-11,13,23H,12H2,1-3H3/t13-/m1/s1. The van der Waals surface area contributed by atoms with E-state index in [0.717, 1.165) is 22.5 Å². The monoisotopic (exact) mass is 339 g/mol. The van der Waals surface area contributed by atoms with Crippen LogP contribution >= 0.6 is 0 Å². The van der Waals surface area contributed by atoms with Crippen LogP contribution in [0.2, 0.25) is 0 Å². The number of ether oxygens (including phenoxy) is 1. The van der Waals surface area contributed by atoms with Crippen LogP contribution in [0.4, 0.5) is 0 Å². The van der Waals surface area contributed by atoms with Crippen LogP contribution in [0.5, 0.6) is 11.6 Å². The number of methoxy groups -OCH3 is 1. The third-order valence-electron chi connectivity index (χ3n) is 4.27. The van der Waals surface area contributed by atoms with E-state index < -0.39 is 0 Å². The molecule has 2 heterocycles. The lowest BCUT2D eigenvalue weighted by Gasteiger charge is -2.23. The summed E-state index contributed by atoms with van der Waals surface area (Å²) in [6, 6.07) is 13.0. The molecule has 0 unspecified atom stereocenters. The zero-order chi connectivity index (χ0) is 17.8. The molecular formula is C19H21N3O3. The number of aromatic hydroxyl groups is 1. The first-order valence-corrected chi connectivity index (χ1v) is 8.02. The van der Waals surface area contributed by atoms with Gasteiger partial charge in [0.2, 0.25) is 5.88 Å². The van der Waals surface area contributed by atoms with Crippen LogP contribution in [0.1, 0.15) is 24.2 Å². The third-order valence-corrected chi connectivity index (χ3v) is 4.27. The van der Waals surface area contributed by atoms with Crippen molar-refractivity contribution < 1.29 is 14.4 Å². The second kappa shape index (κ2) is 7.36. The second-order valence-corrected chi connectivity index (χ2v) is 5.92. The number of hydrogen-bond acceptors (Lipinski definition) is 6. The molecule has 0 spiro atoms. The molecule has 0 bridgehead atoms. The first-order chi connectivity index (χ1) is 12.1. The molecule has 1 atom stereocenters. The van der Waals surface area contributed by atoms with E-state index in [1.165, 1.54) is 0 Å². The quantitative estimate of drug-likeness (QED) is 0.739. The van der Waals surface area contributed by atoms with Crippen LogP contribution in [0.25, 0.3) is 11.3 Å². The molecule has 25 heavy (non-hydrogen) atoms. The summed E-state index contributed by atoms with van der Waals surface area (Å²) in [5, 5.41) is 14.2. The maximum atomic E-state index is 10.2. The summed E-state index contributed by atoms with van der Waals surface area (Å²) in [5.41, 5.74) is 3.40. The average Bonchev–Trinajstić information content (AvgIpc) is 3.17. The van der Waals surface area contributed by atoms with Gasteiger partial charge in [-0.25, -0.2) is 4.98 Å². The van der Waals surface area contributed by atoms with E-state index in [4.69, 9.17) is 9.26 Å². The third kappa shape index (κ3) is 3.80. The van der Waals surface area contributed by atoms with Gasteiger partial charge in [0, 0.05) is 29.8 Å². The smallest absolute Gasteiger partial charge is 0.213 e. The van der Waals surface area contributed by atoms with Crippen molar-refractivity contribution in [1.82, 2.24) is 15.0 Å². The van der Waals surface area contributed by atoms with Crippen molar-refractivity contribution in [3.8, 4) is 22.9 Å². The number of phenolic OH excluding ortho intramolecular Hbond substituents is 1. The van der Waals surface area contributed by atoms with E-state index in [-0.39, 0.29) is 11.8 Å². The molecule has 3 aromatic rings. The molecule has 0 amide bonds. The molecule has 0 saturated carbocycles. The summed E-state index contributed by atoms with van der Waals surface area (Å²) >= 11 is 0. The van der Waals surface area contributed by atoms with E-state index in [0.29, 0.717) is 12.4 Å². The number of benzene rings is 1. The van der Waals surface area contributed by atoms with Gasteiger partial charge in [0.05, 0.1) is 18.8 Å². The van der Waals surface area contributed by atoms with Crippen LogP contribution in [-0.4, -0.2) is 34.3 Å². The van der Waals surface area contributed by atoms with Crippen molar-refractivity contribution in [2.75, 3.05) is 14.2 Å². The fourth-order valence-electron chi connectivity index (χ4n) is 2.63. The lowest BCUT2D eigenvalue weighted by atomic mass is 10.1. The van der Waals surface area contributed by atoms with E-state index in [1.54, 1.807) is 25.5 Å². The molecule has 6 nitrogen and oxygen atoms in total. The van der Waals surface area contributed by atoms with Gasteiger partial charge < -0.3 is 14.4 Å². The van der Waals surface area contributed by atoms with Gasteiger partial charge in [-0.05, 0) is 38.2 Å². The van der Waals surface area contributed by atoms with Crippen LogP contribution in [-0.2, 0) is 6.54 Å². The number of rotatable bonds is 6. The lowest BCUT2D eigenvalue weighted by Crippen LogP contribution is -2.22. The Balaban J connectivity index is 1.84. The first-order valence-electron chi connectivity index (χ1n) is 8.02. The molecule has 1 aromatic carbocycles. The van der Waals surface area contributed by atoms with Crippen molar-refractivity contribution in [2.24, 2.45) is 0 Å². The SMILES string of the molecule is COc1cccc(-c2ccc(O)c(CN(C)[C@H](C)c3ccon3)c2)n1. The summed E-state index contributed by atoms with van der Waals surface area (Å²) in [6.07, 6.45) is 1.56. The van der Waals surface area contributed by atoms with Crippen LogP contribution in [0.15, 0.2) is 53.3 Å². The topological polar surface area (TPSA) is 71.6 Å². The molecular weight excluding hydrogens is 318 g/mol. The Labute approximate surface area is 146 Å². The molecule has 0 radical (unpaired) electrons. The van der Waals surface area contributed by atoms with Gasteiger partial charge in [0.25, 0.3) is 0 Å². The minimum absolute atomic E-state index is 0.0664. The molecule has 0 saturated heterocycles. The van der Waals surface area contributed by atoms with E-state index in [1.807, 2.05) is 44.3 Å². The first kappa shape index (κ1) is 17.0. The van der Waals surface area contributed by atoms with E-state index >= 15 is 0 Å². The van der Waals surface area contributed by atoms with Crippen molar-refractivity contribution in [3.05, 3.63) is 60.0 Å². The molecule has 0 fully saturated rings. The molecule has 1 N–H and O–H groups in total. The minimum atomic E-state index is 0.0664. The largest absolute Gasteiger partial charge is 0.508 e. The second-order valence-electron chi connectivity index (χ2n) is 5.92. The Hall–Kier alpha value is -2.86. The highest BCUT2D eigenvalue weighted by molar-refractivity contribution is 5.62. The van der Waals surface area contributed by atoms with Gasteiger partial charge in [-0.2, -0.15) is 0 Å². The predicted octanol–water partition coefficient (Wildman–Crippen LogP) is 3.64. The number of hydrogen-bond donors (Lipinski definition) is 1. The Morgan fingerprint density at radius 1 is 1.24 bits per heavy atom. The molecule has 0 aliphatic heterocycles. The molecule has 0 aliphatic carbocycles. The van der Waals surface area contributed by atoms with Gasteiger partial charge in [0.1, 0.15) is 17.7 Å². The van der Waals surface area contributed by atoms with Gasteiger partial charge in [0.15, 0.2) is 0 Å². The van der Waals surface area contributed by atoms with Gasteiger partial charge >= 0.3 is 0 Å². The highest BCUT2D eigenvalue weighted by atomic mass is 16.5. The summed E-state index contributed by atoms with van der Waals surface area (Å²) < 4.78 is 10.1. The number of nitrogens with zero attached hydrogens (tertiary/aromatic N) is 3. The molecule has 130 valence electrons. The Bertz CT molecular complexity index is 834. The maximum Gasteiger partial charge on any atom is 0.213 e. The fraction of sp³-hybridized carbons (Fsp3) is 0.263. The van der Waals surface area contributed by atoms with Crippen molar-refractivity contribution in [3.63, 3.8) is 0 Å². The van der Waals surface area contributed by atoms with Crippen molar-refractivity contribution >= 4 is 0 Å². The summed E-state index contributed by atoms with van der Waals surface area (Å²) in [7, 11) is 3.57. The summed E-state index contributed by atoms with van der Waals surface area (Å²) in [6.45, 7) is 2.61. The van der Waals surface area contributed by atoms with Crippen LogP contribution in [0.3, 0.4) is 0 Å². The van der Waals surface area contributed by atoms with Crippen molar-refractivity contribution in [2.45, 2.75) is 19.5 Å². The predicted molar refractivity (Wildman–Crippen MR) is 94.3 cm³/mol. The maximum absolute atomic E-state index is 10.2. The number of phenols is 1. The highest BCUT2D eigenvalue weighted by Gasteiger charge is 2.16. The zero-order valence-corrected chi connectivity index (χ0v) is 14.5. The van der Waals surface area contributed by atoms with E-state index in [2.05, 4.69) is 15.0 Å². The van der Waals surface area contributed by atoms with Gasteiger partial charge in [-0.15, -0.1) is 0 Å². The highest BCUT2D eigenvalue weighted by Crippen LogP contribution is 2.28. The lowest BCUT2D eigenvalue weighted by molar-refractivity contribution is 0.238. The number of pyridine rings is 1. The molecule has 3 rings (SSSR count). The normalized spacial score (nSPS) is 12.3. The van der Waals surface area contributed by atoms with Crippen LogP contribution < -0.4 is 4.74 Å². The molecule has 6 heteroatoms.